The zero-order chi connectivity index (χ0) is 44.3. The fourth-order valence-corrected chi connectivity index (χ4v) is 10.2. The maximum Gasteiger partial charge on any atom is 0.143 e. The van der Waals surface area contributed by atoms with Crippen molar-refractivity contribution < 1.29 is 4.42 Å². The number of nitrogens with zero attached hydrogens (tertiary/aromatic N) is 2. The van der Waals surface area contributed by atoms with E-state index in [9.17, 15) is 0 Å². The highest BCUT2D eigenvalue weighted by Gasteiger charge is 2.19. The SMILES string of the molecule is c1ccc(-c2ccc(N(c3ccc(-c4ccccc4)cc3)c3ccc(-c4ccc5c(c4)c4ccccc4n5-c4cccc5c(-c6cccc7c6oc6ccccc67)cccc45)cc3)cc2)cc1. The van der Waals surface area contributed by atoms with Crippen molar-refractivity contribution >= 4 is 71.6 Å². The molecule has 0 saturated heterocycles. The first-order valence-corrected chi connectivity index (χ1v) is 22.9. The van der Waals surface area contributed by atoms with Crippen LogP contribution < -0.4 is 4.90 Å². The van der Waals surface area contributed by atoms with E-state index in [1.54, 1.807) is 0 Å². The first kappa shape index (κ1) is 38.5. The third-order valence-corrected chi connectivity index (χ3v) is 13.4. The van der Waals surface area contributed by atoms with Crippen molar-refractivity contribution in [2.45, 2.75) is 0 Å². The van der Waals surface area contributed by atoms with Crippen molar-refractivity contribution in [3.05, 3.63) is 255 Å². The zero-order valence-electron chi connectivity index (χ0n) is 36.6. The van der Waals surface area contributed by atoms with Crippen molar-refractivity contribution in [3.8, 4) is 50.2 Å². The molecule has 0 aliphatic rings. The van der Waals surface area contributed by atoms with E-state index in [1.165, 1.54) is 60.4 Å². The lowest BCUT2D eigenvalue weighted by atomic mass is 9.96. The molecule has 0 radical (unpaired) electrons. The number of benzene rings is 11. The van der Waals surface area contributed by atoms with Gasteiger partial charge in [-0.1, -0.05) is 188 Å². The van der Waals surface area contributed by atoms with Gasteiger partial charge in [0.25, 0.3) is 0 Å². The highest BCUT2D eigenvalue weighted by Crippen LogP contribution is 2.43. The van der Waals surface area contributed by atoms with Crippen LogP contribution in [0.15, 0.2) is 259 Å². The number of hydrogen-bond donors (Lipinski definition) is 0. The number of hydrogen-bond acceptors (Lipinski definition) is 2. The predicted molar refractivity (Wildman–Crippen MR) is 282 cm³/mol. The number of aromatic nitrogens is 1. The Morgan fingerprint density at radius 1 is 0.284 bits per heavy atom. The van der Waals surface area contributed by atoms with Crippen LogP contribution in [-0.2, 0) is 0 Å². The monoisotopic (exact) mass is 854 g/mol. The van der Waals surface area contributed by atoms with E-state index in [0.717, 1.165) is 61.4 Å². The van der Waals surface area contributed by atoms with Crippen LogP contribution in [0.3, 0.4) is 0 Å². The van der Waals surface area contributed by atoms with Crippen molar-refractivity contribution in [2.24, 2.45) is 0 Å². The standard InChI is InChI=1S/C64H42N2O/c1-3-14-43(15-4-1)45-28-35-49(36-29-45)65(50-37-30-46(31-38-50)44-16-5-2-6-17-44)51-39-32-47(33-40-51)48-34-41-62-59(42-48)55-18-7-9-25-60(55)66(62)61-26-13-21-52-53(20-11-22-54(52)61)57-23-12-24-58-56-19-8-10-27-63(56)67-64(57)58/h1-42H. The molecule has 13 rings (SSSR count). The van der Waals surface area contributed by atoms with Crippen molar-refractivity contribution in [3.63, 3.8) is 0 Å². The first-order valence-electron chi connectivity index (χ1n) is 22.9. The minimum atomic E-state index is 0.906. The van der Waals surface area contributed by atoms with Gasteiger partial charge in [-0.2, -0.15) is 0 Å². The minimum absolute atomic E-state index is 0.906. The van der Waals surface area contributed by atoms with Gasteiger partial charge in [0.2, 0.25) is 0 Å². The minimum Gasteiger partial charge on any atom is -0.455 e. The Bertz CT molecular complexity index is 3860. The van der Waals surface area contributed by atoms with Crippen LogP contribution in [0.1, 0.15) is 0 Å². The van der Waals surface area contributed by atoms with Gasteiger partial charge in [-0.05, 0) is 111 Å². The van der Waals surface area contributed by atoms with Crippen LogP contribution in [0, 0.1) is 0 Å². The molecule has 67 heavy (non-hydrogen) atoms. The molecule has 0 aliphatic heterocycles. The van der Waals surface area contributed by atoms with Crippen LogP contribution >= 0.6 is 0 Å². The summed E-state index contributed by atoms with van der Waals surface area (Å²) in [5.74, 6) is 0. The Morgan fingerprint density at radius 3 is 1.40 bits per heavy atom. The summed E-state index contributed by atoms with van der Waals surface area (Å²) in [6.45, 7) is 0. The molecule has 11 aromatic carbocycles. The molecule has 0 atom stereocenters. The smallest absolute Gasteiger partial charge is 0.143 e. The Balaban J connectivity index is 0.889. The third-order valence-electron chi connectivity index (χ3n) is 13.4. The van der Waals surface area contributed by atoms with Gasteiger partial charge in [0.1, 0.15) is 11.2 Å². The van der Waals surface area contributed by atoms with Gasteiger partial charge in [0.15, 0.2) is 0 Å². The number of para-hydroxylation sites is 3. The first-order chi connectivity index (χ1) is 33.2. The number of rotatable bonds is 8. The van der Waals surface area contributed by atoms with E-state index in [1.807, 2.05) is 6.07 Å². The fraction of sp³-hybridized carbons (Fsp3) is 0. The van der Waals surface area contributed by atoms with Gasteiger partial charge in [-0.3, -0.25) is 0 Å². The number of anilines is 3. The molecule has 3 heteroatoms. The van der Waals surface area contributed by atoms with E-state index < -0.39 is 0 Å². The van der Waals surface area contributed by atoms with Gasteiger partial charge < -0.3 is 13.9 Å². The average molecular weight is 855 g/mol. The van der Waals surface area contributed by atoms with E-state index >= 15 is 0 Å². The molecule has 314 valence electrons. The molecule has 0 bridgehead atoms. The second kappa shape index (κ2) is 16.0. The molecule has 2 aromatic heterocycles. The molecule has 2 heterocycles. The van der Waals surface area contributed by atoms with Crippen molar-refractivity contribution in [1.82, 2.24) is 4.57 Å². The van der Waals surface area contributed by atoms with Gasteiger partial charge in [0.05, 0.1) is 16.7 Å². The Kier molecular flexibility index (Phi) is 9.17. The van der Waals surface area contributed by atoms with Gasteiger partial charge in [-0.15, -0.1) is 0 Å². The van der Waals surface area contributed by atoms with Crippen LogP contribution in [0.2, 0.25) is 0 Å². The molecule has 0 amide bonds. The Hall–Kier alpha value is -8.92. The van der Waals surface area contributed by atoms with Crippen LogP contribution in [0.4, 0.5) is 17.1 Å². The lowest BCUT2D eigenvalue weighted by Crippen LogP contribution is -2.09. The fourth-order valence-electron chi connectivity index (χ4n) is 10.2. The molecule has 13 aromatic rings. The quantitative estimate of drug-likeness (QED) is 0.152. The molecule has 0 fully saturated rings. The van der Waals surface area contributed by atoms with E-state index in [0.29, 0.717) is 0 Å². The van der Waals surface area contributed by atoms with Crippen molar-refractivity contribution in [1.29, 1.82) is 0 Å². The summed E-state index contributed by atoms with van der Waals surface area (Å²) in [6.07, 6.45) is 0. The van der Waals surface area contributed by atoms with Gasteiger partial charge >= 0.3 is 0 Å². The van der Waals surface area contributed by atoms with Crippen LogP contribution in [0.25, 0.3) is 105 Å². The molecule has 0 saturated carbocycles. The second-order valence-corrected chi connectivity index (χ2v) is 17.3. The highest BCUT2D eigenvalue weighted by molar-refractivity contribution is 6.15. The van der Waals surface area contributed by atoms with E-state index in [2.05, 4.69) is 258 Å². The summed E-state index contributed by atoms with van der Waals surface area (Å²) in [4.78, 5) is 2.34. The maximum atomic E-state index is 6.54. The van der Waals surface area contributed by atoms with Crippen molar-refractivity contribution in [2.75, 3.05) is 4.90 Å². The topological polar surface area (TPSA) is 21.3 Å². The molecule has 0 aliphatic carbocycles. The third kappa shape index (κ3) is 6.59. The summed E-state index contributed by atoms with van der Waals surface area (Å²) in [5, 5.41) is 7.08. The Labute approximate surface area is 388 Å². The summed E-state index contributed by atoms with van der Waals surface area (Å²) in [5.41, 5.74) is 18.0. The van der Waals surface area contributed by atoms with Crippen LogP contribution in [-0.4, -0.2) is 4.57 Å². The zero-order valence-corrected chi connectivity index (χ0v) is 36.6. The number of furan rings is 1. The van der Waals surface area contributed by atoms with Crippen LogP contribution in [0.5, 0.6) is 0 Å². The number of fused-ring (bicyclic) bond motifs is 7. The normalized spacial score (nSPS) is 11.6. The molecule has 0 unspecified atom stereocenters. The Morgan fingerprint density at radius 2 is 0.746 bits per heavy atom. The average Bonchev–Trinajstić information content (AvgIpc) is 3.95. The van der Waals surface area contributed by atoms with Gasteiger partial charge in [-0.25, -0.2) is 0 Å². The van der Waals surface area contributed by atoms with E-state index in [4.69, 9.17) is 4.42 Å². The molecular weight excluding hydrogens is 813 g/mol. The summed E-state index contributed by atoms with van der Waals surface area (Å²) in [6, 6.07) is 91.8. The summed E-state index contributed by atoms with van der Waals surface area (Å²) in [7, 11) is 0. The summed E-state index contributed by atoms with van der Waals surface area (Å²) < 4.78 is 8.98. The molecular formula is C64H42N2O. The molecule has 3 nitrogen and oxygen atoms in total. The lowest BCUT2D eigenvalue weighted by Gasteiger charge is -2.26. The van der Waals surface area contributed by atoms with E-state index in [-0.39, 0.29) is 0 Å². The predicted octanol–water partition coefficient (Wildman–Crippen LogP) is 18.0. The molecule has 0 spiro atoms. The second-order valence-electron chi connectivity index (χ2n) is 17.3. The van der Waals surface area contributed by atoms with Gasteiger partial charge in [0, 0.05) is 49.6 Å². The maximum absolute atomic E-state index is 6.54. The largest absolute Gasteiger partial charge is 0.455 e. The lowest BCUT2D eigenvalue weighted by molar-refractivity contribution is 0.670. The highest BCUT2D eigenvalue weighted by atomic mass is 16.3. The summed E-state index contributed by atoms with van der Waals surface area (Å²) >= 11 is 0. The molecule has 0 N–H and O–H groups in total.